The van der Waals surface area contributed by atoms with Crippen molar-refractivity contribution >= 4 is 0 Å². The molecule has 1 aliphatic rings. The summed E-state index contributed by atoms with van der Waals surface area (Å²) in [5.74, 6) is 0.841. The zero-order chi connectivity index (χ0) is 14.5. The smallest absolute Gasteiger partial charge is 0.0580 e. The minimum Gasteiger partial charge on any atom is -0.378 e. The maximum Gasteiger partial charge on any atom is 0.0580 e. The van der Waals surface area contributed by atoms with E-state index in [1.54, 1.807) is 0 Å². The molecule has 1 atom stereocenters. The average molecular weight is 275 g/mol. The Hall–Kier alpha value is -0.860. The fourth-order valence-electron chi connectivity index (χ4n) is 3.36. The van der Waals surface area contributed by atoms with Crippen LogP contribution in [0.15, 0.2) is 18.2 Å². The second kappa shape index (κ2) is 7.24. The van der Waals surface area contributed by atoms with Gasteiger partial charge in [-0.15, -0.1) is 0 Å². The summed E-state index contributed by atoms with van der Waals surface area (Å²) in [6, 6.07) is 7.19. The fourth-order valence-corrected chi connectivity index (χ4v) is 3.36. The molecule has 1 aromatic carbocycles. The van der Waals surface area contributed by atoms with Gasteiger partial charge in [-0.2, -0.15) is 0 Å². The van der Waals surface area contributed by atoms with Crippen molar-refractivity contribution in [3.63, 3.8) is 0 Å². The van der Waals surface area contributed by atoms with Crippen LogP contribution in [0.2, 0.25) is 0 Å². The van der Waals surface area contributed by atoms with Crippen LogP contribution in [0.5, 0.6) is 0 Å². The molecule has 0 bridgehead atoms. The standard InChI is InChI=1S/C18H29NO/c1-5-20-17-10-15(11-17)9-16(19-4)12-18-13(2)7-6-8-14(18)3/h6-8,15-17,19H,5,9-12H2,1-4H3. The lowest BCUT2D eigenvalue weighted by atomic mass is 9.77. The Labute approximate surface area is 123 Å². The molecule has 0 saturated heterocycles. The molecule has 0 amide bonds. The molecule has 1 aromatic rings. The van der Waals surface area contributed by atoms with Gasteiger partial charge in [0.1, 0.15) is 0 Å². The molecule has 112 valence electrons. The molecule has 0 heterocycles. The molecule has 2 nitrogen and oxygen atoms in total. The molecule has 20 heavy (non-hydrogen) atoms. The number of hydrogen-bond acceptors (Lipinski definition) is 2. The molecule has 1 aliphatic carbocycles. The van der Waals surface area contributed by atoms with E-state index in [1.165, 1.54) is 36.0 Å². The van der Waals surface area contributed by atoms with E-state index in [1.807, 2.05) is 0 Å². The number of nitrogens with one attached hydrogen (secondary N) is 1. The quantitative estimate of drug-likeness (QED) is 0.820. The molecular formula is C18H29NO. The maximum atomic E-state index is 5.66. The van der Waals surface area contributed by atoms with Gasteiger partial charge in [0.2, 0.25) is 0 Å². The molecule has 0 aromatic heterocycles. The lowest BCUT2D eigenvalue weighted by Crippen LogP contribution is -2.38. The Morgan fingerprint density at radius 1 is 1.25 bits per heavy atom. The van der Waals surface area contributed by atoms with Gasteiger partial charge in [0.15, 0.2) is 0 Å². The van der Waals surface area contributed by atoms with Crippen molar-refractivity contribution in [2.75, 3.05) is 13.7 Å². The van der Waals surface area contributed by atoms with E-state index in [-0.39, 0.29) is 0 Å². The third-order valence-corrected chi connectivity index (χ3v) is 4.72. The van der Waals surface area contributed by atoms with Crippen LogP contribution in [0, 0.1) is 19.8 Å². The second-order valence-electron chi connectivity index (χ2n) is 6.21. The van der Waals surface area contributed by atoms with Gasteiger partial charge in [-0.1, -0.05) is 18.2 Å². The Morgan fingerprint density at radius 3 is 2.45 bits per heavy atom. The van der Waals surface area contributed by atoms with Crippen molar-refractivity contribution in [1.82, 2.24) is 5.32 Å². The summed E-state index contributed by atoms with van der Waals surface area (Å²) < 4.78 is 5.66. The average Bonchev–Trinajstić information content (AvgIpc) is 2.38. The number of hydrogen-bond donors (Lipinski definition) is 1. The van der Waals surface area contributed by atoms with Crippen LogP contribution < -0.4 is 5.32 Å². The van der Waals surface area contributed by atoms with Gasteiger partial charge in [0.25, 0.3) is 0 Å². The van der Waals surface area contributed by atoms with Crippen LogP contribution in [0.1, 0.15) is 42.9 Å². The predicted molar refractivity (Wildman–Crippen MR) is 85.2 cm³/mol. The van der Waals surface area contributed by atoms with Gasteiger partial charge in [-0.05, 0) is 76.1 Å². The normalized spacial score (nSPS) is 23.4. The first-order valence-electron chi connectivity index (χ1n) is 7.98. The van der Waals surface area contributed by atoms with Gasteiger partial charge in [-0.3, -0.25) is 0 Å². The van der Waals surface area contributed by atoms with Crippen molar-refractivity contribution in [2.24, 2.45) is 5.92 Å². The van der Waals surface area contributed by atoms with Gasteiger partial charge < -0.3 is 10.1 Å². The first kappa shape index (κ1) is 15.5. The summed E-state index contributed by atoms with van der Waals surface area (Å²) in [6.07, 6.45) is 5.44. The maximum absolute atomic E-state index is 5.66. The molecular weight excluding hydrogens is 246 g/mol. The number of likely N-dealkylation sites (N-methyl/N-ethyl adjacent to an activating group) is 1. The van der Waals surface area contributed by atoms with Crippen molar-refractivity contribution in [2.45, 2.75) is 58.6 Å². The summed E-state index contributed by atoms with van der Waals surface area (Å²) in [7, 11) is 2.09. The molecule has 2 heteroatoms. The summed E-state index contributed by atoms with van der Waals surface area (Å²) >= 11 is 0. The zero-order valence-electron chi connectivity index (χ0n) is 13.4. The summed E-state index contributed by atoms with van der Waals surface area (Å²) in [5.41, 5.74) is 4.37. The van der Waals surface area contributed by atoms with Crippen LogP contribution in [-0.4, -0.2) is 25.8 Å². The number of rotatable bonds is 7. The Balaban J connectivity index is 1.87. The molecule has 0 spiro atoms. The van der Waals surface area contributed by atoms with Crippen molar-refractivity contribution in [1.29, 1.82) is 0 Å². The highest BCUT2D eigenvalue weighted by molar-refractivity contribution is 5.34. The van der Waals surface area contributed by atoms with Crippen LogP contribution in [0.25, 0.3) is 0 Å². The van der Waals surface area contributed by atoms with E-state index < -0.39 is 0 Å². The van der Waals surface area contributed by atoms with Crippen LogP contribution in [0.3, 0.4) is 0 Å². The van der Waals surface area contributed by atoms with Crippen molar-refractivity contribution < 1.29 is 4.74 Å². The first-order valence-corrected chi connectivity index (χ1v) is 7.98. The molecule has 2 rings (SSSR count). The lowest BCUT2D eigenvalue weighted by Gasteiger charge is -2.37. The largest absolute Gasteiger partial charge is 0.378 e. The molecule has 1 fully saturated rings. The number of benzene rings is 1. The Morgan fingerprint density at radius 2 is 1.90 bits per heavy atom. The SMILES string of the molecule is CCOC1CC(CC(Cc2c(C)cccc2C)NC)C1. The van der Waals surface area contributed by atoms with E-state index in [0.717, 1.165) is 18.9 Å². The van der Waals surface area contributed by atoms with Gasteiger partial charge in [0, 0.05) is 12.6 Å². The molecule has 1 saturated carbocycles. The first-order chi connectivity index (χ1) is 9.63. The van der Waals surface area contributed by atoms with Gasteiger partial charge in [0.05, 0.1) is 6.10 Å². The fraction of sp³-hybridized carbons (Fsp3) is 0.667. The highest BCUT2D eigenvalue weighted by Crippen LogP contribution is 2.34. The zero-order valence-corrected chi connectivity index (χ0v) is 13.4. The number of ether oxygens (including phenoxy) is 1. The minimum atomic E-state index is 0.530. The van der Waals surface area contributed by atoms with E-state index in [2.05, 4.69) is 51.3 Å². The van der Waals surface area contributed by atoms with Crippen LogP contribution in [-0.2, 0) is 11.2 Å². The van der Waals surface area contributed by atoms with Crippen molar-refractivity contribution in [3.05, 3.63) is 34.9 Å². The summed E-state index contributed by atoms with van der Waals surface area (Å²) in [5, 5.41) is 3.51. The molecule has 0 aliphatic heterocycles. The predicted octanol–water partition coefficient (Wildman–Crippen LogP) is 3.64. The van der Waals surface area contributed by atoms with Gasteiger partial charge >= 0.3 is 0 Å². The van der Waals surface area contributed by atoms with Gasteiger partial charge in [-0.25, -0.2) is 0 Å². The summed E-state index contributed by atoms with van der Waals surface area (Å²) in [6.45, 7) is 7.40. The topological polar surface area (TPSA) is 21.3 Å². The van der Waals surface area contributed by atoms with E-state index in [0.29, 0.717) is 12.1 Å². The van der Waals surface area contributed by atoms with Crippen molar-refractivity contribution in [3.8, 4) is 0 Å². The second-order valence-corrected chi connectivity index (χ2v) is 6.21. The third-order valence-electron chi connectivity index (χ3n) is 4.72. The Bertz CT molecular complexity index is 403. The Kier molecular flexibility index (Phi) is 5.62. The minimum absolute atomic E-state index is 0.530. The van der Waals surface area contributed by atoms with Crippen LogP contribution in [0.4, 0.5) is 0 Å². The van der Waals surface area contributed by atoms with E-state index in [9.17, 15) is 0 Å². The number of aryl methyl sites for hydroxylation is 2. The highest BCUT2D eigenvalue weighted by atomic mass is 16.5. The van der Waals surface area contributed by atoms with E-state index in [4.69, 9.17) is 4.74 Å². The van der Waals surface area contributed by atoms with E-state index >= 15 is 0 Å². The third kappa shape index (κ3) is 3.83. The molecule has 1 N–H and O–H groups in total. The molecule has 1 unspecified atom stereocenters. The van der Waals surface area contributed by atoms with Crippen LogP contribution >= 0.6 is 0 Å². The molecule has 0 radical (unpaired) electrons. The lowest BCUT2D eigenvalue weighted by molar-refractivity contribution is -0.0288. The highest BCUT2D eigenvalue weighted by Gasteiger charge is 2.31. The summed E-state index contributed by atoms with van der Waals surface area (Å²) in [4.78, 5) is 0. The monoisotopic (exact) mass is 275 g/mol.